The Kier molecular flexibility index (Phi) is 5.16. The Morgan fingerprint density at radius 1 is 1.16 bits per heavy atom. The quantitative estimate of drug-likeness (QED) is 0.755. The molecule has 0 heterocycles. The third-order valence-corrected chi connectivity index (χ3v) is 3.07. The van der Waals surface area contributed by atoms with Crippen LogP contribution in [0, 0.1) is 5.92 Å². The molecule has 0 spiro atoms. The third kappa shape index (κ3) is 4.70. The van der Waals surface area contributed by atoms with Gasteiger partial charge in [-0.1, -0.05) is 45.0 Å². The lowest BCUT2D eigenvalue weighted by molar-refractivity contribution is -0.157. The maximum atomic E-state index is 12.3. The van der Waals surface area contributed by atoms with Gasteiger partial charge in [-0.25, -0.2) is 0 Å². The SMILES string of the molecule is CCc1ccc(C(C(=O)OC(C)(C)C)C(C)C)cc1. The van der Waals surface area contributed by atoms with Gasteiger partial charge in [0.05, 0.1) is 5.92 Å². The van der Waals surface area contributed by atoms with Crippen molar-refractivity contribution in [2.45, 2.75) is 59.5 Å². The van der Waals surface area contributed by atoms with Crippen molar-refractivity contribution in [1.29, 1.82) is 0 Å². The standard InChI is InChI=1S/C17H26O2/c1-7-13-8-10-14(11-9-13)15(12(2)3)16(18)19-17(4,5)6/h8-12,15H,7H2,1-6H3. The predicted molar refractivity (Wildman–Crippen MR) is 79.2 cm³/mol. The summed E-state index contributed by atoms with van der Waals surface area (Å²) in [6.07, 6.45) is 1.01. The number of esters is 1. The van der Waals surface area contributed by atoms with Crippen LogP contribution in [-0.4, -0.2) is 11.6 Å². The molecule has 2 heteroatoms. The Balaban J connectivity index is 2.96. The highest BCUT2D eigenvalue weighted by Gasteiger charge is 2.29. The van der Waals surface area contributed by atoms with Gasteiger partial charge in [-0.3, -0.25) is 4.79 Å². The summed E-state index contributed by atoms with van der Waals surface area (Å²) in [5.41, 5.74) is 1.89. The van der Waals surface area contributed by atoms with E-state index in [9.17, 15) is 4.79 Å². The van der Waals surface area contributed by atoms with E-state index in [2.05, 4.69) is 32.9 Å². The van der Waals surface area contributed by atoms with E-state index in [1.165, 1.54) is 5.56 Å². The van der Waals surface area contributed by atoms with Crippen molar-refractivity contribution < 1.29 is 9.53 Å². The van der Waals surface area contributed by atoms with Crippen LogP contribution in [0.5, 0.6) is 0 Å². The summed E-state index contributed by atoms with van der Waals surface area (Å²) in [6.45, 7) is 12.0. The smallest absolute Gasteiger partial charge is 0.314 e. The molecule has 0 aliphatic heterocycles. The average molecular weight is 262 g/mol. The number of carbonyl (C=O) groups excluding carboxylic acids is 1. The van der Waals surface area contributed by atoms with Crippen molar-refractivity contribution in [1.82, 2.24) is 0 Å². The molecular formula is C17H26O2. The van der Waals surface area contributed by atoms with Gasteiger partial charge in [0.15, 0.2) is 0 Å². The summed E-state index contributed by atoms with van der Waals surface area (Å²) >= 11 is 0. The first-order valence-corrected chi connectivity index (χ1v) is 7.06. The zero-order valence-electron chi connectivity index (χ0n) is 13.0. The normalized spacial score (nSPS) is 13.4. The first-order valence-electron chi connectivity index (χ1n) is 7.06. The molecule has 0 aromatic heterocycles. The van der Waals surface area contributed by atoms with Gasteiger partial charge in [0, 0.05) is 0 Å². The fourth-order valence-corrected chi connectivity index (χ4v) is 2.12. The topological polar surface area (TPSA) is 26.3 Å². The van der Waals surface area contributed by atoms with Crippen LogP contribution in [0.15, 0.2) is 24.3 Å². The molecule has 1 atom stereocenters. The lowest BCUT2D eigenvalue weighted by Crippen LogP contribution is -2.29. The van der Waals surface area contributed by atoms with Gasteiger partial charge >= 0.3 is 5.97 Å². The van der Waals surface area contributed by atoms with Crippen LogP contribution in [0.4, 0.5) is 0 Å². The van der Waals surface area contributed by atoms with Gasteiger partial charge in [-0.2, -0.15) is 0 Å². The summed E-state index contributed by atoms with van der Waals surface area (Å²) in [5, 5.41) is 0. The van der Waals surface area contributed by atoms with E-state index in [4.69, 9.17) is 4.74 Å². The molecule has 1 aromatic rings. The Hall–Kier alpha value is -1.31. The zero-order chi connectivity index (χ0) is 14.6. The van der Waals surface area contributed by atoms with E-state index in [0.717, 1.165) is 12.0 Å². The maximum absolute atomic E-state index is 12.3. The molecule has 1 rings (SSSR count). The minimum atomic E-state index is -0.437. The zero-order valence-corrected chi connectivity index (χ0v) is 13.0. The van der Waals surface area contributed by atoms with Crippen LogP contribution in [0.1, 0.15) is 58.6 Å². The summed E-state index contributed by atoms with van der Waals surface area (Å²) in [7, 11) is 0. The molecule has 0 N–H and O–H groups in total. The van der Waals surface area contributed by atoms with E-state index in [-0.39, 0.29) is 17.8 Å². The molecule has 0 amide bonds. The molecule has 1 aromatic carbocycles. The van der Waals surface area contributed by atoms with Gasteiger partial charge in [0.1, 0.15) is 5.60 Å². The molecule has 106 valence electrons. The number of ether oxygens (including phenoxy) is 1. The van der Waals surface area contributed by atoms with Crippen molar-refractivity contribution in [3.8, 4) is 0 Å². The number of carbonyl (C=O) groups is 1. The van der Waals surface area contributed by atoms with Crippen LogP contribution in [0.25, 0.3) is 0 Å². The van der Waals surface area contributed by atoms with Crippen molar-refractivity contribution in [3.05, 3.63) is 35.4 Å². The van der Waals surface area contributed by atoms with Gasteiger partial charge < -0.3 is 4.74 Å². The average Bonchev–Trinajstić information content (AvgIpc) is 2.27. The molecule has 0 fully saturated rings. The Morgan fingerprint density at radius 3 is 2.05 bits per heavy atom. The fraction of sp³-hybridized carbons (Fsp3) is 0.588. The predicted octanol–water partition coefficient (Wildman–Crippen LogP) is 4.33. The molecule has 0 aliphatic carbocycles. The van der Waals surface area contributed by atoms with Crippen molar-refractivity contribution in [2.24, 2.45) is 5.92 Å². The Labute approximate surface area is 117 Å². The lowest BCUT2D eigenvalue weighted by Gasteiger charge is -2.26. The minimum Gasteiger partial charge on any atom is -0.459 e. The molecule has 0 saturated heterocycles. The van der Waals surface area contributed by atoms with Crippen LogP contribution >= 0.6 is 0 Å². The first-order chi connectivity index (χ1) is 8.74. The first kappa shape index (κ1) is 15.7. The molecule has 0 saturated carbocycles. The maximum Gasteiger partial charge on any atom is 0.314 e. The van der Waals surface area contributed by atoms with Gasteiger partial charge in [-0.15, -0.1) is 0 Å². The molecule has 19 heavy (non-hydrogen) atoms. The highest BCUT2D eigenvalue weighted by molar-refractivity contribution is 5.78. The largest absolute Gasteiger partial charge is 0.459 e. The summed E-state index contributed by atoms with van der Waals surface area (Å²) in [5.74, 6) is -0.0980. The summed E-state index contributed by atoms with van der Waals surface area (Å²) in [4.78, 5) is 12.3. The summed E-state index contributed by atoms with van der Waals surface area (Å²) < 4.78 is 5.53. The Bertz CT molecular complexity index is 410. The highest BCUT2D eigenvalue weighted by Crippen LogP contribution is 2.28. The van der Waals surface area contributed by atoms with Crippen LogP contribution < -0.4 is 0 Å². The van der Waals surface area contributed by atoms with Gasteiger partial charge in [-0.05, 0) is 44.2 Å². The van der Waals surface area contributed by atoms with Gasteiger partial charge in [0.25, 0.3) is 0 Å². The van der Waals surface area contributed by atoms with Crippen molar-refractivity contribution in [2.75, 3.05) is 0 Å². The number of hydrogen-bond donors (Lipinski definition) is 0. The third-order valence-electron chi connectivity index (χ3n) is 3.07. The van der Waals surface area contributed by atoms with Crippen molar-refractivity contribution >= 4 is 5.97 Å². The lowest BCUT2D eigenvalue weighted by atomic mass is 9.88. The number of aryl methyl sites for hydroxylation is 1. The second kappa shape index (κ2) is 6.23. The fourth-order valence-electron chi connectivity index (χ4n) is 2.12. The van der Waals surface area contributed by atoms with E-state index in [0.29, 0.717) is 0 Å². The van der Waals surface area contributed by atoms with Crippen molar-refractivity contribution in [3.63, 3.8) is 0 Å². The molecular weight excluding hydrogens is 236 g/mol. The number of rotatable bonds is 4. The summed E-state index contributed by atoms with van der Waals surface area (Å²) in [6, 6.07) is 8.28. The molecule has 2 nitrogen and oxygen atoms in total. The number of hydrogen-bond acceptors (Lipinski definition) is 2. The monoisotopic (exact) mass is 262 g/mol. The molecule has 0 bridgehead atoms. The van der Waals surface area contributed by atoms with Crippen LogP contribution in [0.3, 0.4) is 0 Å². The molecule has 1 unspecified atom stereocenters. The van der Waals surface area contributed by atoms with E-state index in [1.807, 2.05) is 32.9 Å². The van der Waals surface area contributed by atoms with E-state index < -0.39 is 5.60 Å². The molecule has 0 aliphatic rings. The van der Waals surface area contributed by atoms with Gasteiger partial charge in [0.2, 0.25) is 0 Å². The second-order valence-corrected chi connectivity index (χ2v) is 6.35. The minimum absolute atomic E-state index is 0.133. The number of benzene rings is 1. The van der Waals surface area contributed by atoms with Crippen LogP contribution in [0.2, 0.25) is 0 Å². The van der Waals surface area contributed by atoms with E-state index in [1.54, 1.807) is 0 Å². The highest BCUT2D eigenvalue weighted by atomic mass is 16.6. The Morgan fingerprint density at radius 2 is 1.68 bits per heavy atom. The van der Waals surface area contributed by atoms with E-state index >= 15 is 0 Å². The molecule has 0 radical (unpaired) electrons. The van der Waals surface area contributed by atoms with Crippen LogP contribution in [-0.2, 0) is 16.0 Å². The second-order valence-electron chi connectivity index (χ2n) is 6.35.